The Bertz CT molecular complexity index is 527. The molecule has 126 valence electrons. The summed E-state index contributed by atoms with van der Waals surface area (Å²) in [5, 5.41) is 4.94. The molecule has 0 aliphatic carbocycles. The number of hydrogen-bond acceptors (Lipinski definition) is 4. The number of amides is 2. The molecule has 1 fully saturated rings. The van der Waals surface area contributed by atoms with Crippen molar-refractivity contribution in [2.75, 3.05) is 46.3 Å². The van der Waals surface area contributed by atoms with E-state index in [-0.39, 0.29) is 0 Å². The molecule has 1 aliphatic rings. The second-order valence-corrected chi connectivity index (χ2v) is 6.49. The third-order valence-electron chi connectivity index (χ3n) is 3.93. The van der Waals surface area contributed by atoms with Crippen LogP contribution < -0.4 is 10.6 Å². The molecule has 1 heterocycles. The molecule has 23 heavy (non-hydrogen) atoms. The minimum absolute atomic E-state index is 0.499. The predicted molar refractivity (Wildman–Crippen MR) is 92.9 cm³/mol. The molecule has 6 nitrogen and oxygen atoms in total. The maximum Gasteiger partial charge on any atom is 0.309 e. The first kappa shape index (κ1) is 17.9. The fourth-order valence-electron chi connectivity index (χ4n) is 2.54. The van der Waals surface area contributed by atoms with Gasteiger partial charge in [-0.15, -0.1) is 0 Å². The van der Waals surface area contributed by atoms with Crippen LogP contribution in [0.5, 0.6) is 0 Å². The van der Waals surface area contributed by atoms with Crippen LogP contribution in [0.15, 0.2) is 28.7 Å². The van der Waals surface area contributed by atoms with Crippen LogP contribution in [0, 0.1) is 0 Å². The molecule has 7 heteroatoms. The van der Waals surface area contributed by atoms with Gasteiger partial charge in [-0.25, -0.2) is 0 Å². The summed E-state index contributed by atoms with van der Waals surface area (Å²) in [6, 6.07) is 8.43. The Hall–Kier alpha value is -1.44. The maximum atomic E-state index is 11.3. The molecule has 1 aromatic rings. The zero-order chi connectivity index (χ0) is 16.7. The van der Waals surface area contributed by atoms with Crippen molar-refractivity contribution in [2.45, 2.75) is 6.54 Å². The average molecular weight is 383 g/mol. The fourth-order valence-corrected chi connectivity index (χ4v) is 2.80. The molecule has 2 amide bonds. The lowest BCUT2D eigenvalue weighted by molar-refractivity contribution is -0.138. The molecule has 0 unspecified atom stereocenters. The maximum absolute atomic E-state index is 11.3. The standard InChI is InChI=1S/C16H23BrN4O2/c1-18-15(22)16(23)19-6-7-20-8-10-21(11-9-20)12-13-2-4-14(17)5-3-13/h2-5H,6-12H2,1H3,(H,18,22)(H,19,23). The van der Waals surface area contributed by atoms with Crippen molar-refractivity contribution in [3.05, 3.63) is 34.3 Å². The topological polar surface area (TPSA) is 64.7 Å². The van der Waals surface area contributed by atoms with Gasteiger partial charge < -0.3 is 10.6 Å². The number of nitrogens with one attached hydrogen (secondary N) is 2. The zero-order valence-electron chi connectivity index (χ0n) is 13.3. The van der Waals surface area contributed by atoms with Crippen LogP contribution in [0.1, 0.15) is 5.56 Å². The van der Waals surface area contributed by atoms with Crippen LogP contribution in [0.2, 0.25) is 0 Å². The molecule has 0 radical (unpaired) electrons. The Morgan fingerprint density at radius 3 is 2.26 bits per heavy atom. The summed E-state index contributed by atoms with van der Waals surface area (Å²) in [6.07, 6.45) is 0. The number of carbonyl (C=O) groups excluding carboxylic acids is 2. The van der Waals surface area contributed by atoms with Crippen molar-refractivity contribution >= 4 is 27.7 Å². The summed E-state index contributed by atoms with van der Waals surface area (Å²) >= 11 is 3.45. The number of piperazine rings is 1. The molecule has 0 spiro atoms. The summed E-state index contributed by atoms with van der Waals surface area (Å²) < 4.78 is 1.10. The number of likely N-dealkylation sites (N-methyl/N-ethyl adjacent to an activating group) is 1. The van der Waals surface area contributed by atoms with Crippen molar-refractivity contribution in [2.24, 2.45) is 0 Å². The van der Waals surface area contributed by atoms with Crippen molar-refractivity contribution in [3.63, 3.8) is 0 Å². The van der Waals surface area contributed by atoms with Crippen LogP contribution >= 0.6 is 15.9 Å². The average Bonchev–Trinajstić information content (AvgIpc) is 2.57. The first-order valence-electron chi connectivity index (χ1n) is 7.77. The van der Waals surface area contributed by atoms with Crippen LogP contribution in [0.25, 0.3) is 0 Å². The molecule has 2 N–H and O–H groups in total. The first-order chi connectivity index (χ1) is 11.1. The van der Waals surface area contributed by atoms with E-state index < -0.39 is 11.8 Å². The van der Waals surface area contributed by atoms with Gasteiger partial charge >= 0.3 is 11.8 Å². The number of hydrogen-bond donors (Lipinski definition) is 2. The normalized spacial score (nSPS) is 16.1. The quantitative estimate of drug-likeness (QED) is 0.724. The van der Waals surface area contributed by atoms with E-state index in [1.165, 1.54) is 12.6 Å². The number of rotatable bonds is 5. The molecular formula is C16H23BrN4O2. The highest BCUT2D eigenvalue weighted by atomic mass is 79.9. The van der Waals surface area contributed by atoms with E-state index in [2.05, 4.69) is 60.6 Å². The molecule has 0 saturated carbocycles. The van der Waals surface area contributed by atoms with Crippen LogP contribution in [-0.4, -0.2) is 67.9 Å². The summed E-state index contributed by atoms with van der Waals surface area (Å²) in [6.45, 7) is 6.22. The Morgan fingerprint density at radius 2 is 1.65 bits per heavy atom. The van der Waals surface area contributed by atoms with Gasteiger partial charge in [0.1, 0.15) is 0 Å². The second-order valence-electron chi connectivity index (χ2n) is 5.58. The van der Waals surface area contributed by atoms with Gasteiger partial charge in [-0.1, -0.05) is 28.1 Å². The third-order valence-corrected chi connectivity index (χ3v) is 4.46. The Kier molecular flexibility index (Phi) is 7.01. The molecule has 1 aliphatic heterocycles. The van der Waals surface area contributed by atoms with E-state index in [4.69, 9.17) is 0 Å². The van der Waals surface area contributed by atoms with E-state index in [1.54, 1.807) is 0 Å². The van der Waals surface area contributed by atoms with Gasteiger partial charge in [-0.05, 0) is 17.7 Å². The summed E-state index contributed by atoms with van der Waals surface area (Å²) in [7, 11) is 1.45. The van der Waals surface area contributed by atoms with Crippen LogP contribution in [0.3, 0.4) is 0 Å². The van der Waals surface area contributed by atoms with Crippen molar-refractivity contribution in [1.29, 1.82) is 0 Å². The molecule has 2 rings (SSSR count). The predicted octanol–water partition coefficient (Wildman–Crippen LogP) is 0.429. The summed E-state index contributed by atoms with van der Waals surface area (Å²) in [5.41, 5.74) is 1.32. The van der Waals surface area contributed by atoms with Gasteiger partial charge in [0.15, 0.2) is 0 Å². The Balaban J connectivity index is 1.65. The van der Waals surface area contributed by atoms with Gasteiger partial charge in [-0.3, -0.25) is 19.4 Å². The van der Waals surface area contributed by atoms with Gasteiger partial charge in [-0.2, -0.15) is 0 Å². The van der Waals surface area contributed by atoms with Crippen LogP contribution in [0.4, 0.5) is 0 Å². The van der Waals surface area contributed by atoms with E-state index >= 15 is 0 Å². The molecule has 0 aromatic heterocycles. The summed E-state index contributed by atoms with van der Waals surface area (Å²) in [5.74, 6) is -1.16. The number of carbonyl (C=O) groups is 2. The lowest BCUT2D eigenvalue weighted by atomic mass is 10.2. The largest absolute Gasteiger partial charge is 0.351 e. The highest BCUT2D eigenvalue weighted by Gasteiger charge is 2.17. The van der Waals surface area contributed by atoms with Gasteiger partial charge in [0.2, 0.25) is 0 Å². The molecule has 0 bridgehead atoms. The lowest BCUT2D eigenvalue weighted by Gasteiger charge is -2.34. The highest BCUT2D eigenvalue weighted by molar-refractivity contribution is 9.10. The summed E-state index contributed by atoms with van der Waals surface area (Å²) in [4.78, 5) is 27.2. The van der Waals surface area contributed by atoms with E-state index in [1.807, 2.05) is 0 Å². The number of nitrogens with zero attached hydrogens (tertiary/aromatic N) is 2. The number of benzene rings is 1. The smallest absolute Gasteiger partial charge is 0.309 e. The fraction of sp³-hybridized carbons (Fsp3) is 0.500. The van der Waals surface area contributed by atoms with E-state index in [0.29, 0.717) is 6.54 Å². The van der Waals surface area contributed by atoms with Gasteiger partial charge in [0, 0.05) is 57.3 Å². The minimum Gasteiger partial charge on any atom is -0.351 e. The van der Waals surface area contributed by atoms with E-state index in [9.17, 15) is 9.59 Å². The van der Waals surface area contributed by atoms with E-state index in [0.717, 1.165) is 43.7 Å². The first-order valence-corrected chi connectivity index (χ1v) is 8.57. The zero-order valence-corrected chi connectivity index (χ0v) is 14.9. The lowest BCUT2D eigenvalue weighted by Crippen LogP contribution is -2.48. The van der Waals surface area contributed by atoms with Crippen molar-refractivity contribution in [3.8, 4) is 0 Å². The Morgan fingerprint density at radius 1 is 1.04 bits per heavy atom. The van der Waals surface area contributed by atoms with Crippen LogP contribution in [-0.2, 0) is 16.1 Å². The Labute approximate surface area is 145 Å². The molecular weight excluding hydrogens is 360 g/mol. The third kappa shape index (κ3) is 5.93. The molecule has 1 aromatic carbocycles. The highest BCUT2D eigenvalue weighted by Crippen LogP contribution is 2.13. The number of halogens is 1. The van der Waals surface area contributed by atoms with Crippen molar-refractivity contribution < 1.29 is 9.59 Å². The monoisotopic (exact) mass is 382 g/mol. The van der Waals surface area contributed by atoms with Crippen molar-refractivity contribution in [1.82, 2.24) is 20.4 Å². The van der Waals surface area contributed by atoms with Gasteiger partial charge in [0.25, 0.3) is 0 Å². The van der Waals surface area contributed by atoms with Gasteiger partial charge in [0.05, 0.1) is 0 Å². The second kappa shape index (κ2) is 9.00. The minimum atomic E-state index is -0.593. The molecule has 0 atom stereocenters. The molecule has 1 saturated heterocycles. The SMILES string of the molecule is CNC(=O)C(=O)NCCN1CCN(Cc2ccc(Br)cc2)CC1.